The molecule has 0 saturated carbocycles. The van der Waals surface area contributed by atoms with Crippen LogP contribution in [0.5, 0.6) is 0 Å². The monoisotopic (exact) mass is 1090 g/mol. The van der Waals surface area contributed by atoms with E-state index in [0.29, 0.717) is 34.4 Å². The first kappa shape index (κ1) is 54.6. The maximum Gasteiger partial charge on any atom is 0.188 e. The van der Waals surface area contributed by atoms with Crippen LogP contribution < -0.4 is 0 Å². The zero-order chi connectivity index (χ0) is 59.2. The summed E-state index contributed by atoms with van der Waals surface area (Å²) in [5.41, 5.74) is 17.8. The summed E-state index contributed by atoms with van der Waals surface area (Å²) in [5.74, 6) is 1.68. The van der Waals surface area contributed by atoms with E-state index in [9.17, 15) is 5.26 Å². The van der Waals surface area contributed by atoms with Crippen LogP contribution >= 0.6 is 0 Å². The molecule has 0 atom stereocenters. The minimum absolute atomic E-state index is 0.162. The highest BCUT2D eigenvalue weighted by Gasteiger charge is 2.28. The average molecular weight is 1090 g/mol. The van der Waals surface area contributed by atoms with Crippen LogP contribution in [-0.2, 0) is 21.7 Å². The third-order valence-corrected chi connectivity index (χ3v) is 16.4. The van der Waals surface area contributed by atoms with Crippen molar-refractivity contribution in [1.82, 2.24) is 24.1 Å². The Balaban J connectivity index is 1.23. The third kappa shape index (κ3) is 9.86. The second kappa shape index (κ2) is 20.2. The lowest BCUT2D eigenvalue weighted by Crippen LogP contribution is -2.17. The first-order valence-electron chi connectivity index (χ1n) is 28.7. The van der Waals surface area contributed by atoms with Crippen molar-refractivity contribution >= 4 is 55.0 Å². The van der Waals surface area contributed by atoms with Crippen molar-refractivity contribution in [3.63, 3.8) is 0 Å². The maximum atomic E-state index is 10.3. The smallest absolute Gasteiger partial charge is 0.188 e. The molecule has 0 amide bonds. The molecule has 0 spiro atoms. The molecule has 8 nitrogen and oxygen atoms in total. The summed E-state index contributed by atoms with van der Waals surface area (Å²) >= 11 is 0. The molecule has 0 bridgehead atoms. The summed E-state index contributed by atoms with van der Waals surface area (Å²) in [6, 6.07) is 65.7. The van der Waals surface area contributed by atoms with E-state index in [1.165, 1.54) is 22.3 Å². The average Bonchev–Trinajstić information content (AvgIpc) is 2.08. The summed E-state index contributed by atoms with van der Waals surface area (Å²) in [5, 5.41) is 14.2. The van der Waals surface area contributed by atoms with E-state index in [4.69, 9.17) is 28.1 Å². The largest absolute Gasteiger partial charge is 0.309 e. The van der Waals surface area contributed by atoms with Crippen molar-refractivity contribution < 1.29 is 0 Å². The molecule has 12 aromatic rings. The predicted octanol–water partition coefficient (Wildman–Crippen LogP) is 20.6. The molecule has 0 radical (unpaired) electrons. The molecule has 12 rings (SSSR count). The fourth-order valence-electron chi connectivity index (χ4n) is 11.6. The Kier molecular flexibility index (Phi) is 13.1. The minimum Gasteiger partial charge on any atom is -0.309 e. The van der Waals surface area contributed by atoms with Crippen LogP contribution in [0.4, 0.5) is 11.4 Å². The lowest BCUT2D eigenvalue weighted by molar-refractivity contribution is 0.568. The van der Waals surface area contributed by atoms with Gasteiger partial charge in [0.05, 0.1) is 58.2 Å². The van der Waals surface area contributed by atoms with Crippen LogP contribution in [0, 0.1) is 24.5 Å². The van der Waals surface area contributed by atoms with Gasteiger partial charge in [0, 0.05) is 44.0 Å². The molecule has 0 N–H and O–H groups in total. The SMILES string of the molecule is [C-]#[N+]c1cccc(-c2ccc(-n3c4ccccc4c4cc([N+]#[C-])ccc43)c(-c3cc(-c4nc(-c5cc(C(C)(C)C)cc(C(C)(C)C)c5)nc(-c5cc(C(C)(C)C)cc(C(C)(C)C)c5)n4)ccc3-n3c4ccccc4c4cc(C#N)ccc43)c2)c1. The first-order valence-corrected chi connectivity index (χ1v) is 28.7. The van der Waals surface area contributed by atoms with Gasteiger partial charge in [-0.3, -0.25) is 0 Å². The molecule has 3 aromatic heterocycles. The van der Waals surface area contributed by atoms with Gasteiger partial charge in [-0.15, -0.1) is 0 Å². The van der Waals surface area contributed by atoms with E-state index in [1.807, 2.05) is 42.5 Å². The van der Waals surface area contributed by atoms with Crippen molar-refractivity contribution in [2.24, 2.45) is 0 Å². The van der Waals surface area contributed by atoms with E-state index in [2.05, 4.69) is 248 Å². The molecule has 410 valence electrons. The molecular weight excluding hydrogens is 1020 g/mol. The van der Waals surface area contributed by atoms with E-state index in [-0.39, 0.29) is 21.7 Å². The number of fused-ring (bicyclic) bond motifs is 6. The second-order valence-electron chi connectivity index (χ2n) is 26.4. The highest BCUT2D eigenvalue weighted by atomic mass is 15.0. The topological polar surface area (TPSA) is 81.0 Å². The number of para-hydroxylation sites is 2. The van der Waals surface area contributed by atoms with Crippen LogP contribution in [0.15, 0.2) is 182 Å². The number of nitrogens with zero attached hydrogens (tertiary/aromatic N) is 8. The summed E-state index contributed by atoms with van der Waals surface area (Å²) in [4.78, 5) is 24.4. The van der Waals surface area contributed by atoms with Gasteiger partial charge in [0.25, 0.3) is 0 Å². The van der Waals surface area contributed by atoms with Crippen molar-refractivity contribution in [2.75, 3.05) is 0 Å². The highest BCUT2D eigenvalue weighted by Crippen LogP contribution is 2.45. The number of aromatic nitrogens is 5. The normalized spacial score (nSPS) is 12.2. The molecule has 9 aromatic carbocycles. The van der Waals surface area contributed by atoms with Gasteiger partial charge in [0.1, 0.15) is 0 Å². The van der Waals surface area contributed by atoms with Gasteiger partial charge in [-0.1, -0.05) is 162 Å². The number of nitriles is 1. The second-order valence-corrected chi connectivity index (χ2v) is 26.4. The number of hydrogen-bond donors (Lipinski definition) is 0. The quantitative estimate of drug-likeness (QED) is 0.149. The standard InChI is InChI=1S/C76H66N8/c1-73(2,3)52-35-50(36-53(42-52)74(4,5)6)71-80-70(81-72(82-71)51-37-54(75(7,8)9)43-55(38-51)76(10,11)12)49-28-32-68(83-64-24-17-15-22-58(64)60-34-46(45-77)26-30-66(60)83)62(41-49)61-40-48(47-20-19-21-56(39-47)78-13)27-31-67(61)84-65-25-18-16-23-59(65)63-44-57(79-14)29-33-69(63)84/h15-44H,1-12H3. The molecule has 84 heavy (non-hydrogen) atoms. The lowest BCUT2D eigenvalue weighted by atomic mass is 9.79. The van der Waals surface area contributed by atoms with Gasteiger partial charge >= 0.3 is 0 Å². The Labute approximate surface area is 493 Å². The van der Waals surface area contributed by atoms with Gasteiger partial charge in [-0.2, -0.15) is 5.26 Å². The Hall–Kier alpha value is -9.94. The van der Waals surface area contributed by atoms with E-state index >= 15 is 0 Å². The number of benzene rings is 9. The maximum absolute atomic E-state index is 10.3. The predicted molar refractivity (Wildman–Crippen MR) is 348 cm³/mol. The molecule has 0 unspecified atom stereocenters. The first-order chi connectivity index (χ1) is 40.0. The lowest BCUT2D eigenvalue weighted by Gasteiger charge is -2.26. The Morgan fingerprint density at radius 3 is 1.24 bits per heavy atom. The summed E-state index contributed by atoms with van der Waals surface area (Å²) < 4.78 is 4.63. The molecule has 3 heterocycles. The highest BCUT2D eigenvalue weighted by molar-refractivity contribution is 6.12. The summed E-state index contributed by atoms with van der Waals surface area (Å²) in [7, 11) is 0. The molecule has 0 aliphatic rings. The van der Waals surface area contributed by atoms with Crippen LogP contribution in [0.2, 0.25) is 0 Å². The molecule has 8 heteroatoms. The fraction of sp³-hybridized carbons (Fsp3) is 0.211. The van der Waals surface area contributed by atoms with Crippen molar-refractivity contribution in [3.8, 4) is 73.9 Å². The summed E-state index contributed by atoms with van der Waals surface area (Å²) in [6.07, 6.45) is 0. The zero-order valence-corrected chi connectivity index (χ0v) is 49.9. The van der Waals surface area contributed by atoms with Crippen molar-refractivity contribution in [3.05, 3.63) is 233 Å². The minimum atomic E-state index is -0.162. The molecule has 0 saturated heterocycles. The van der Waals surface area contributed by atoms with E-state index in [1.54, 1.807) is 0 Å². The Bertz CT molecular complexity index is 4650. The zero-order valence-electron chi connectivity index (χ0n) is 49.9. The van der Waals surface area contributed by atoms with Crippen molar-refractivity contribution in [2.45, 2.75) is 105 Å². The van der Waals surface area contributed by atoms with Crippen LogP contribution in [-0.4, -0.2) is 24.1 Å². The van der Waals surface area contributed by atoms with Crippen molar-refractivity contribution in [1.29, 1.82) is 5.26 Å². The van der Waals surface area contributed by atoms with E-state index < -0.39 is 0 Å². The van der Waals surface area contributed by atoms with Gasteiger partial charge < -0.3 is 9.13 Å². The van der Waals surface area contributed by atoms with Crippen LogP contribution in [0.3, 0.4) is 0 Å². The van der Waals surface area contributed by atoms with Gasteiger partial charge in [-0.25, -0.2) is 24.6 Å². The van der Waals surface area contributed by atoms with Gasteiger partial charge in [-0.05, 0) is 164 Å². The van der Waals surface area contributed by atoms with E-state index in [0.717, 1.165) is 93.9 Å². The Morgan fingerprint density at radius 2 is 0.762 bits per heavy atom. The molecule has 0 aliphatic carbocycles. The summed E-state index contributed by atoms with van der Waals surface area (Å²) in [6.45, 7) is 43.1. The molecule has 0 aliphatic heterocycles. The third-order valence-electron chi connectivity index (χ3n) is 16.4. The number of hydrogen-bond acceptors (Lipinski definition) is 4. The Morgan fingerprint density at radius 1 is 0.357 bits per heavy atom. The van der Waals surface area contributed by atoms with Gasteiger partial charge in [0.15, 0.2) is 28.8 Å². The number of rotatable bonds is 7. The van der Waals surface area contributed by atoms with Gasteiger partial charge in [0.2, 0.25) is 0 Å². The fourth-order valence-corrected chi connectivity index (χ4v) is 11.6. The molecular formula is C76H66N8. The molecule has 0 fully saturated rings. The van der Waals surface area contributed by atoms with Crippen LogP contribution in [0.25, 0.3) is 121 Å². The van der Waals surface area contributed by atoms with Crippen LogP contribution in [0.1, 0.15) is 111 Å².